The van der Waals surface area contributed by atoms with Crippen molar-refractivity contribution in [1.29, 1.82) is 0 Å². The van der Waals surface area contributed by atoms with Crippen molar-refractivity contribution in [3.63, 3.8) is 0 Å². The summed E-state index contributed by atoms with van der Waals surface area (Å²) in [5.41, 5.74) is 1.19. The smallest absolute Gasteiger partial charge is 0.543 e. The molecule has 1 N–H and O–H groups in total. The Bertz CT molecular complexity index is 1540. The summed E-state index contributed by atoms with van der Waals surface area (Å²) in [5.74, 6) is -1.59. The Morgan fingerprint density at radius 2 is 1.26 bits per heavy atom. The van der Waals surface area contributed by atoms with E-state index in [1.54, 1.807) is 0 Å². The van der Waals surface area contributed by atoms with E-state index in [0.29, 0.717) is 0 Å². The van der Waals surface area contributed by atoms with Crippen LogP contribution in [-0.4, -0.2) is 22.8 Å². The maximum atomic E-state index is 12.3. The van der Waals surface area contributed by atoms with Gasteiger partial charge in [0.2, 0.25) is 5.60 Å². The van der Waals surface area contributed by atoms with Crippen molar-refractivity contribution >= 4 is 34.2 Å². The van der Waals surface area contributed by atoms with Gasteiger partial charge in [0, 0.05) is 22.1 Å². The summed E-state index contributed by atoms with van der Waals surface area (Å²) in [4.78, 5) is 35.0. The van der Waals surface area contributed by atoms with Gasteiger partial charge in [-0.2, -0.15) is 0 Å². The molecule has 0 radical (unpaired) electrons. The molecular formula is C32H24KN3O5S. The molecule has 1 aromatic heterocycles. The second-order valence-corrected chi connectivity index (χ2v) is 9.68. The van der Waals surface area contributed by atoms with Gasteiger partial charge < -0.3 is 19.5 Å². The number of carboxylic acid groups (broad SMARTS) is 1. The average Bonchev–Trinajstić information content (AvgIpc) is 3.47. The van der Waals surface area contributed by atoms with Crippen LogP contribution in [0.1, 0.15) is 27.9 Å². The molecule has 0 aliphatic heterocycles. The maximum absolute atomic E-state index is 12.3. The van der Waals surface area contributed by atoms with Crippen LogP contribution in [0.5, 0.6) is 0 Å². The van der Waals surface area contributed by atoms with Crippen molar-refractivity contribution in [2.75, 3.05) is 5.32 Å². The molecule has 0 aliphatic carbocycles. The second-order valence-electron chi connectivity index (χ2n) is 8.82. The maximum Gasteiger partial charge on any atom is 1.00 e. The van der Waals surface area contributed by atoms with Crippen LogP contribution in [0, 0.1) is 0 Å². The molecule has 42 heavy (non-hydrogen) atoms. The number of carboxylic acids is 1. The Hall–Kier alpha value is -3.64. The number of rotatable bonds is 10. The van der Waals surface area contributed by atoms with Gasteiger partial charge in [-0.25, -0.2) is 9.78 Å². The predicted molar refractivity (Wildman–Crippen MR) is 154 cm³/mol. The fourth-order valence-corrected chi connectivity index (χ4v) is 4.95. The van der Waals surface area contributed by atoms with Gasteiger partial charge in [0.25, 0.3) is 0 Å². The fraction of sp³-hybridized carbons (Fsp3) is 0.0625. The molecular weight excluding hydrogens is 578 g/mol. The molecule has 1 amide bonds. The number of benzene rings is 4. The number of hydrogen-bond acceptors (Lipinski definition) is 8. The van der Waals surface area contributed by atoms with Gasteiger partial charge in [0.15, 0.2) is 10.8 Å². The molecule has 0 saturated carbocycles. The molecule has 0 saturated heterocycles. The Morgan fingerprint density at radius 1 is 0.786 bits per heavy atom. The number of carbonyl (C=O) groups excluding carboxylic acids is 2. The minimum Gasteiger partial charge on any atom is -0.543 e. The van der Waals surface area contributed by atoms with Crippen LogP contribution in [0.15, 0.2) is 132 Å². The number of amides is 1. The van der Waals surface area contributed by atoms with Crippen molar-refractivity contribution in [2.45, 2.75) is 12.2 Å². The third-order valence-electron chi connectivity index (χ3n) is 6.18. The summed E-state index contributed by atoms with van der Waals surface area (Å²) in [6, 6.07) is 37.4. The van der Waals surface area contributed by atoms with Crippen molar-refractivity contribution in [1.82, 2.24) is 4.98 Å². The largest absolute Gasteiger partial charge is 1.00 e. The number of aromatic nitrogens is 1. The van der Waals surface area contributed by atoms with Crippen molar-refractivity contribution in [3.05, 3.63) is 155 Å². The summed E-state index contributed by atoms with van der Waals surface area (Å²) >= 11 is 1.02. The standard InChI is InChI=1S/C32H25N3O5S.K/c36-29(37)28(27-22-41-30(33-27)34-31(38)39-21-23-13-5-1-6-14-23)35-40-32(24-15-7-2-8-16-24,25-17-9-3-10-18-25)26-19-11-4-12-20-26;/h1-20,22H,21H2,(H,36,37)(H,33,34,38);/q;+1/p-1. The molecule has 0 bridgehead atoms. The van der Waals surface area contributed by atoms with E-state index in [9.17, 15) is 14.7 Å². The minimum absolute atomic E-state index is 0. The summed E-state index contributed by atoms with van der Waals surface area (Å²) in [7, 11) is 0. The van der Waals surface area contributed by atoms with Gasteiger partial charge >= 0.3 is 57.5 Å². The third kappa shape index (κ3) is 7.40. The van der Waals surface area contributed by atoms with E-state index in [-0.39, 0.29) is 68.8 Å². The molecule has 0 aliphatic rings. The van der Waals surface area contributed by atoms with Gasteiger partial charge in [0.1, 0.15) is 12.3 Å². The number of hydrogen-bond donors (Lipinski definition) is 1. The Kier molecular flexibility index (Phi) is 11.2. The van der Waals surface area contributed by atoms with Crippen LogP contribution in [0.3, 0.4) is 0 Å². The van der Waals surface area contributed by atoms with E-state index in [0.717, 1.165) is 33.6 Å². The monoisotopic (exact) mass is 601 g/mol. The zero-order chi connectivity index (χ0) is 28.5. The second kappa shape index (κ2) is 15.0. The van der Waals surface area contributed by atoms with E-state index in [1.165, 1.54) is 5.38 Å². The number of nitrogens with zero attached hydrogens (tertiary/aromatic N) is 2. The third-order valence-corrected chi connectivity index (χ3v) is 6.93. The van der Waals surface area contributed by atoms with Crippen LogP contribution in [0.2, 0.25) is 0 Å². The number of aliphatic carboxylic acids is 1. The molecule has 0 unspecified atom stereocenters. The summed E-state index contributed by atoms with van der Waals surface area (Å²) in [6.07, 6.45) is -0.728. The number of thiazole rings is 1. The molecule has 5 aromatic rings. The van der Waals surface area contributed by atoms with E-state index < -0.39 is 23.4 Å². The van der Waals surface area contributed by atoms with Gasteiger partial charge in [-0.3, -0.25) is 5.32 Å². The Morgan fingerprint density at radius 3 is 1.74 bits per heavy atom. The summed E-state index contributed by atoms with van der Waals surface area (Å²) in [5, 5.41) is 20.5. The molecule has 0 spiro atoms. The Labute approximate surface area is 289 Å². The number of ether oxygens (including phenoxy) is 1. The van der Waals surface area contributed by atoms with Gasteiger partial charge in [-0.15, -0.1) is 11.3 Å². The first-order chi connectivity index (χ1) is 20.1. The van der Waals surface area contributed by atoms with Crippen molar-refractivity contribution in [3.8, 4) is 0 Å². The molecule has 0 fully saturated rings. The topological polar surface area (TPSA) is 113 Å². The van der Waals surface area contributed by atoms with Crippen LogP contribution < -0.4 is 61.8 Å². The molecule has 8 nitrogen and oxygen atoms in total. The van der Waals surface area contributed by atoms with Crippen molar-refractivity contribution in [2.24, 2.45) is 5.16 Å². The average molecular weight is 602 g/mol. The normalized spacial score (nSPS) is 11.2. The van der Waals surface area contributed by atoms with E-state index in [2.05, 4.69) is 15.5 Å². The van der Waals surface area contributed by atoms with E-state index >= 15 is 0 Å². The first-order valence-corrected chi connectivity index (χ1v) is 13.5. The zero-order valence-electron chi connectivity index (χ0n) is 22.7. The summed E-state index contributed by atoms with van der Waals surface area (Å²) < 4.78 is 5.22. The SMILES string of the molecule is O=C(Nc1nc(C(=NOC(c2ccccc2)(c2ccccc2)c2ccccc2)C(=O)[O-])cs1)OCc1ccccc1.[K+]. The molecule has 1 heterocycles. The predicted octanol–water partition coefficient (Wildman–Crippen LogP) is 2.36. The van der Waals surface area contributed by atoms with Crippen LogP contribution in [0.25, 0.3) is 0 Å². The Balaban J connectivity index is 0.00000405. The van der Waals surface area contributed by atoms with Crippen LogP contribution >= 0.6 is 11.3 Å². The number of carbonyl (C=O) groups is 2. The fourth-order valence-electron chi connectivity index (χ4n) is 4.27. The zero-order valence-corrected chi connectivity index (χ0v) is 26.6. The molecule has 204 valence electrons. The van der Waals surface area contributed by atoms with Crippen LogP contribution in [0.4, 0.5) is 9.93 Å². The number of nitrogens with one attached hydrogen (secondary N) is 1. The minimum atomic E-state index is -1.59. The van der Waals surface area contributed by atoms with Gasteiger partial charge in [-0.05, 0) is 5.56 Å². The molecule has 10 heteroatoms. The molecule has 5 rings (SSSR count). The van der Waals surface area contributed by atoms with Crippen molar-refractivity contribution < 1.29 is 75.7 Å². The summed E-state index contributed by atoms with van der Waals surface area (Å²) in [6.45, 7) is 0.0744. The first-order valence-electron chi connectivity index (χ1n) is 12.6. The first kappa shape index (κ1) is 31.3. The van der Waals surface area contributed by atoms with Crippen LogP contribution in [-0.2, 0) is 26.6 Å². The molecule has 0 atom stereocenters. The number of oxime groups is 1. The molecule has 4 aromatic carbocycles. The quantitative estimate of drug-likeness (QED) is 0.114. The van der Waals surface area contributed by atoms with Gasteiger partial charge in [0.05, 0.1) is 5.97 Å². The van der Waals surface area contributed by atoms with E-state index in [4.69, 9.17) is 9.57 Å². The van der Waals surface area contributed by atoms with E-state index in [1.807, 2.05) is 121 Å². The van der Waals surface area contributed by atoms with Gasteiger partial charge in [-0.1, -0.05) is 126 Å². The number of anilines is 1.